The number of benzene rings is 3. The molecule has 4 rings (SSSR count). The number of rotatable bonds is 9. The molecule has 0 atom stereocenters. The zero-order valence-electron chi connectivity index (χ0n) is 21.2. The molecule has 0 bridgehead atoms. The summed E-state index contributed by atoms with van der Waals surface area (Å²) < 4.78 is 7.01. The van der Waals surface area contributed by atoms with Crippen LogP contribution in [0.1, 0.15) is 34.8 Å². The van der Waals surface area contributed by atoms with E-state index in [-0.39, 0.29) is 34.6 Å². The van der Waals surface area contributed by atoms with Crippen molar-refractivity contribution in [2.75, 3.05) is 17.7 Å². The summed E-state index contributed by atoms with van der Waals surface area (Å²) in [6.45, 7) is 6.18. The van der Waals surface area contributed by atoms with Crippen molar-refractivity contribution < 1.29 is 19.4 Å². The van der Waals surface area contributed by atoms with Crippen LogP contribution in [0.15, 0.2) is 65.8 Å². The van der Waals surface area contributed by atoms with Gasteiger partial charge >= 0.3 is 5.97 Å². The second kappa shape index (κ2) is 12.1. The molecule has 1 aromatic heterocycles. The first kappa shape index (κ1) is 27.2. The molecule has 196 valence electrons. The van der Waals surface area contributed by atoms with Crippen LogP contribution in [0.5, 0.6) is 5.75 Å². The van der Waals surface area contributed by atoms with E-state index in [2.05, 4.69) is 21.6 Å². The summed E-state index contributed by atoms with van der Waals surface area (Å²) in [5.41, 5.74) is 4.09. The maximum Gasteiger partial charge on any atom is 0.339 e. The second-order valence-corrected chi connectivity index (χ2v) is 9.97. The third-order valence-electron chi connectivity index (χ3n) is 5.61. The number of amides is 1. The van der Waals surface area contributed by atoms with E-state index < -0.39 is 5.97 Å². The number of ether oxygens (including phenoxy) is 1. The van der Waals surface area contributed by atoms with Crippen LogP contribution < -0.4 is 5.32 Å². The quantitative estimate of drug-likeness (QED) is 0.188. The fraction of sp³-hybridized carbons (Fsp3) is 0.214. The minimum Gasteiger partial charge on any atom is -0.507 e. The SMILES string of the molecule is CCCOC(=O)c1cc(NC(=O)CSc2nnc(-c3ccccc3O)n2-c2ccc(C)cc2C)ccc1Cl. The predicted molar refractivity (Wildman–Crippen MR) is 149 cm³/mol. The lowest BCUT2D eigenvalue weighted by Gasteiger charge is -2.14. The molecule has 0 radical (unpaired) electrons. The van der Waals surface area contributed by atoms with E-state index >= 15 is 0 Å². The van der Waals surface area contributed by atoms with E-state index in [0.717, 1.165) is 16.8 Å². The molecular formula is C28H27ClN4O4S. The van der Waals surface area contributed by atoms with Crippen molar-refractivity contribution in [3.05, 3.63) is 82.4 Å². The number of halogens is 1. The van der Waals surface area contributed by atoms with Gasteiger partial charge in [0.15, 0.2) is 11.0 Å². The molecule has 2 N–H and O–H groups in total. The summed E-state index contributed by atoms with van der Waals surface area (Å²) in [5, 5.41) is 22.7. The average Bonchev–Trinajstić information content (AvgIpc) is 3.30. The molecule has 0 aliphatic rings. The Labute approximate surface area is 230 Å². The molecule has 4 aromatic rings. The van der Waals surface area contributed by atoms with Crippen molar-refractivity contribution in [2.45, 2.75) is 32.3 Å². The average molecular weight is 551 g/mol. The largest absolute Gasteiger partial charge is 0.507 e. The first-order chi connectivity index (χ1) is 18.3. The number of nitrogens with zero attached hydrogens (tertiary/aromatic N) is 3. The lowest BCUT2D eigenvalue weighted by Crippen LogP contribution is -2.15. The summed E-state index contributed by atoms with van der Waals surface area (Å²) in [6.07, 6.45) is 0.690. The van der Waals surface area contributed by atoms with Crippen LogP contribution in [0.3, 0.4) is 0 Å². The van der Waals surface area contributed by atoms with E-state index in [9.17, 15) is 14.7 Å². The Morgan fingerprint density at radius 1 is 1.08 bits per heavy atom. The maximum atomic E-state index is 12.8. The van der Waals surface area contributed by atoms with Gasteiger partial charge in [-0.1, -0.05) is 60.1 Å². The molecule has 0 saturated heterocycles. The van der Waals surface area contributed by atoms with Crippen molar-refractivity contribution in [1.82, 2.24) is 14.8 Å². The lowest BCUT2D eigenvalue weighted by atomic mass is 10.1. The molecular weight excluding hydrogens is 524 g/mol. The minimum absolute atomic E-state index is 0.0298. The molecule has 8 nitrogen and oxygen atoms in total. The first-order valence-electron chi connectivity index (χ1n) is 12.0. The number of phenols is 1. The van der Waals surface area contributed by atoms with Crippen molar-refractivity contribution >= 4 is 40.9 Å². The van der Waals surface area contributed by atoms with Crippen molar-refractivity contribution in [3.8, 4) is 22.8 Å². The van der Waals surface area contributed by atoms with Crippen LogP contribution in [-0.4, -0.2) is 44.1 Å². The number of esters is 1. The molecule has 1 heterocycles. The molecule has 38 heavy (non-hydrogen) atoms. The number of carbonyl (C=O) groups excluding carboxylic acids is 2. The molecule has 3 aromatic carbocycles. The summed E-state index contributed by atoms with van der Waals surface area (Å²) in [5.74, 6) is -0.269. The highest BCUT2D eigenvalue weighted by Gasteiger charge is 2.21. The minimum atomic E-state index is -0.541. The number of aromatic nitrogens is 3. The lowest BCUT2D eigenvalue weighted by molar-refractivity contribution is -0.113. The highest BCUT2D eigenvalue weighted by atomic mass is 35.5. The number of aromatic hydroxyl groups is 1. The normalized spacial score (nSPS) is 10.8. The fourth-order valence-electron chi connectivity index (χ4n) is 3.83. The van der Waals surface area contributed by atoms with Crippen molar-refractivity contribution in [2.24, 2.45) is 0 Å². The molecule has 0 fully saturated rings. The van der Waals surface area contributed by atoms with Gasteiger partial charge in [-0.2, -0.15) is 0 Å². The highest BCUT2D eigenvalue weighted by molar-refractivity contribution is 7.99. The number of hydrogen-bond donors (Lipinski definition) is 2. The van der Waals surface area contributed by atoms with Gasteiger partial charge in [0.2, 0.25) is 5.91 Å². The van der Waals surface area contributed by atoms with Gasteiger partial charge in [0.05, 0.1) is 34.2 Å². The first-order valence-corrected chi connectivity index (χ1v) is 13.4. The number of phenolic OH excluding ortho intramolecular Hbond substituents is 1. The van der Waals surface area contributed by atoms with E-state index in [0.29, 0.717) is 28.7 Å². The molecule has 0 spiro atoms. The number of anilines is 1. The smallest absolute Gasteiger partial charge is 0.339 e. The number of hydrogen-bond acceptors (Lipinski definition) is 7. The topological polar surface area (TPSA) is 106 Å². The molecule has 10 heteroatoms. The van der Waals surface area contributed by atoms with Crippen LogP contribution in [0.2, 0.25) is 5.02 Å². The molecule has 0 unspecified atom stereocenters. The number of thioether (sulfide) groups is 1. The van der Waals surface area contributed by atoms with Gasteiger partial charge in [-0.3, -0.25) is 9.36 Å². The maximum absolute atomic E-state index is 12.8. The third kappa shape index (κ3) is 6.17. The summed E-state index contributed by atoms with van der Waals surface area (Å²) in [4.78, 5) is 25.1. The monoisotopic (exact) mass is 550 g/mol. The highest BCUT2D eigenvalue weighted by Crippen LogP contribution is 2.34. The summed E-state index contributed by atoms with van der Waals surface area (Å²) >= 11 is 7.36. The van der Waals surface area contributed by atoms with Crippen molar-refractivity contribution in [1.29, 1.82) is 0 Å². The second-order valence-electron chi connectivity index (χ2n) is 8.62. The van der Waals surface area contributed by atoms with Gasteiger partial charge in [0.1, 0.15) is 5.75 Å². The van der Waals surface area contributed by atoms with Gasteiger partial charge in [0.25, 0.3) is 0 Å². The Morgan fingerprint density at radius 3 is 2.61 bits per heavy atom. The number of nitrogens with one attached hydrogen (secondary N) is 1. The number of para-hydroxylation sites is 1. The fourth-order valence-corrected chi connectivity index (χ4v) is 4.77. The van der Waals surface area contributed by atoms with Gasteiger partial charge < -0.3 is 15.2 Å². The predicted octanol–water partition coefficient (Wildman–Crippen LogP) is 6.21. The Bertz CT molecular complexity index is 1490. The van der Waals surface area contributed by atoms with E-state index in [1.165, 1.54) is 17.8 Å². The number of aryl methyl sites for hydroxylation is 2. The van der Waals surface area contributed by atoms with Gasteiger partial charge in [-0.05, 0) is 62.2 Å². The van der Waals surface area contributed by atoms with Crippen LogP contribution in [0.4, 0.5) is 5.69 Å². The van der Waals surface area contributed by atoms with Crippen molar-refractivity contribution in [3.63, 3.8) is 0 Å². The Morgan fingerprint density at radius 2 is 1.87 bits per heavy atom. The molecule has 1 amide bonds. The number of carbonyl (C=O) groups is 2. The third-order valence-corrected chi connectivity index (χ3v) is 6.87. The van der Waals surface area contributed by atoms with Crippen LogP contribution >= 0.6 is 23.4 Å². The van der Waals surface area contributed by atoms with Gasteiger partial charge in [-0.15, -0.1) is 10.2 Å². The Balaban J connectivity index is 1.57. The van der Waals surface area contributed by atoms with Crippen LogP contribution in [0, 0.1) is 13.8 Å². The Hall–Kier alpha value is -3.82. The van der Waals surface area contributed by atoms with E-state index in [1.54, 1.807) is 30.3 Å². The van der Waals surface area contributed by atoms with Crippen LogP contribution in [0.25, 0.3) is 17.1 Å². The molecule has 0 aliphatic heterocycles. The van der Waals surface area contributed by atoms with Gasteiger partial charge in [0, 0.05) is 5.69 Å². The van der Waals surface area contributed by atoms with E-state index in [1.807, 2.05) is 43.5 Å². The molecule has 0 aliphatic carbocycles. The summed E-state index contributed by atoms with van der Waals surface area (Å²) in [7, 11) is 0. The van der Waals surface area contributed by atoms with E-state index in [4.69, 9.17) is 16.3 Å². The Kier molecular flexibility index (Phi) is 8.70. The molecule has 0 saturated carbocycles. The van der Waals surface area contributed by atoms with Gasteiger partial charge in [-0.25, -0.2) is 4.79 Å². The van der Waals surface area contributed by atoms with Crippen LogP contribution in [-0.2, 0) is 9.53 Å². The zero-order chi connectivity index (χ0) is 27.2. The zero-order valence-corrected chi connectivity index (χ0v) is 22.8. The standard InChI is InChI=1S/C28H27ClN4O4S/c1-4-13-37-27(36)21-15-19(10-11-22(21)29)30-25(35)16-38-28-32-31-26(20-7-5-6-8-24(20)34)33(28)23-12-9-17(2)14-18(23)3/h5-12,14-15,34H,4,13,16H2,1-3H3,(H,30,35). The summed E-state index contributed by atoms with van der Waals surface area (Å²) in [6, 6.07) is 17.6.